The highest BCUT2D eigenvalue weighted by molar-refractivity contribution is 5.95. The number of hydrogen-bond donors (Lipinski definition) is 2. The van der Waals surface area contributed by atoms with Crippen LogP contribution < -0.4 is 11.1 Å². The molecule has 1 amide bonds. The fraction of sp³-hybridized carbons (Fsp3) is 0.500. The van der Waals surface area contributed by atoms with E-state index in [0.29, 0.717) is 0 Å². The molecule has 1 aromatic carbocycles. The number of nitrogens with two attached hydrogens (primary N) is 1. The number of amides is 1. The molecule has 2 rings (SSSR count). The Balaban J connectivity index is 2.10. The smallest absolute Gasteiger partial charge is 0.230 e. The van der Waals surface area contributed by atoms with Crippen molar-refractivity contribution in [1.29, 1.82) is 0 Å². The lowest BCUT2D eigenvalue weighted by Gasteiger charge is -2.22. The molecule has 3 N–H and O–H groups in total. The summed E-state index contributed by atoms with van der Waals surface area (Å²) in [6.07, 6.45) is 4.30. The maximum Gasteiger partial charge on any atom is 0.230 e. The fourth-order valence-corrected chi connectivity index (χ4v) is 2.42. The first-order chi connectivity index (χ1) is 8.01. The zero-order chi connectivity index (χ0) is 12.5. The minimum atomic E-state index is -0.185. The summed E-state index contributed by atoms with van der Waals surface area (Å²) in [6, 6.07) is 5.62. The van der Waals surface area contributed by atoms with Gasteiger partial charge in [0.15, 0.2) is 0 Å². The molecule has 0 unspecified atom stereocenters. The lowest BCUT2D eigenvalue weighted by Crippen LogP contribution is -2.30. The average Bonchev–Trinajstić information content (AvgIpc) is 2.72. The molecule has 0 atom stereocenters. The second-order valence-corrected chi connectivity index (χ2v) is 5.29. The van der Waals surface area contributed by atoms with Gasteiger partial charge in [0, 0.05) is 16.8 Å². The van der Waals surface area contributed by atoms with E-state index in [-0.39, 0.29) is 11.3 Å². The first-order valence-corrected chi connectivity index (χ1v) is 6.19. The van der Waals surface area contributed by atoms with E-state index in [0.717, 1.165) is 42.6 Å². The number of aryl methyl sites for hydroxylation is 1. The van der Waals surface area contributed by atoms with Gasteiger partial charge in [-0.3, -0.25) is 4.79 Å². The SMILES string of the molecule is Cc1cc(NC(=O)C2(C)CCCC2)ccc1N. The minimum Gasteiger partial charge on any atom is -0.399 e. The summed E-state index contributed by atoms with van der Waals surface area (Å²) in [7, 11) is 0. The highest BCUT2D eigenvalue weighted by Gasteiger charge is 2.36. The normalized spacial score (nSPS) is 18.0. The fourth-order valence-electron chi connectivity index (χ4n) is 2.42. The lowest BCUT2D eigenvalue weighted by atomic mass is 9.88. The van der Waals surface area contributed by atoms with E-state index in [9.17, 15) is 4.79 Å². The molecule has 0 spiro atoms. The molecule has 17 heavy (non-hydrogen) atoms. The highest BCUT2D eigenvalue weighted by atomic mass is 16.2. The van der Waals surface area contributed by atoms with E-state index in [1.807, 2.05) is 25.1 Å². The number of hydrogen-bond acceptors (Lipinski definition) is 2. The summed E-state index contributed by atoms with van der Waals surface area (Å²) >= 11 is 0. The van der Waals surface area contributed by atoms with E-state index < -0.39 is 0 Å². The van der Waals surface area contributed by atoms with Gasteiger partial charge >= 0.3 is 0 Å². The van der Waals surface area contributed by atoms with E-state index in [2.05, 4.69) is 12.2 Å². The molecule has 3 heteroatoms. The molecule has 0 aromatic heterocycles. The van der Waals surface area contributed by atoms with E-state index in [4.69, 9.17) is 5.73 Å². The summed E-state index contributed by atoms with van der Waals surface area (Å²) in [4.78, 5) is 12.2. The highest BCUT2D eigenvalue weighted by Crippen LogP contribution is 2.38. The zero-order valence-corrected chi connectivity index (χ0v) is 10.5. The predicted molar refractivity (Wildman–Crippen MR) is 70.8 cm³/mol. The van der Waals surface area contributed by atoms with Crippen LogP contribution in [0.15, 0.2) is 18.2 Å². The Morgan fingerprint density at radius 3 is 2.59 bits per heavy atom. The third-order valence-corrected chi connectivity index (χ3v) is 3.78. The summed E-state index contributed by atoms with van der Waals surface area (Å²) in [6.45, 7) is 4.00. The van der Waals surface area contributed by atoms with Gasteiger partial charge in [0.2, 0.25) is 5.91 Å². The van der Waals surface area contributed by atoms with Crippen molar-refractivity contribution in [2.45, 2.75) is 39.5 Å². The molecule has 0 radical (unpaired) electrons. The Morgan fingerprint density at radius 2 is 2.00 bits per heavy atom. The van der Waals surface area contributed by atoms with Crippen molar-refractivity contribution < 1.29 is 4.79 Å². The van der Waals surface area contributed by atoms with Gasteiger partial charge in [-0.1, -0.05) is 19.8 Å². The van der Waals surface area contributed by atoms with Crippen LogP contribution >= 0.6 is 0 Å². The van der Waals surface area contributed by atoms with Crippen LogP contribution in [0.3, 0.4) is 0 Å². The van der Waals surface area contributed by atoms with Crippen molar-refractivity contribution >= 4 is 17.3 Å². The molecular formula is C14H20N2O. The van der Waals surface area contributed by atoms with Crippen LogP contribution in [0.25, 0.3) is 0 Å². The van der Waals surface area contributed by atoms with Gasteiger partial charge in [-0.25, -0.2) is 0 Å². The number of nitrogen functional groups attached to an aromatic ring is 1. The summed E-state index contributed by atoms with van der Waals surface area (Å²) in [5.74, 6) is 0.138. The number of carbonyl (C=O) groups is 1. The minimum absolute atomic E-state index is 0.138. The maximum absolute atomic E-state index is 12.2. The van der Waals surface area contributed by atoms with Gasteiger partial charge in [0.05, 0.1) is 0 Å². The van der Waals surface area contributed by atoms with Gasteiger partial charge in [-0.05, 0) is 43.5 Å². The third kappa shape index (κ3) is 2.43. The largest absolute Gasteiger partial charge is 0.399 e. The van der Waals surface area contributed by atoms with Crippen LogP contribution in [-0.2, 0) is 4.79 Å². The van der Waals surface area contributed by atoms with Crippen LogP contribution in [0.1, 0.15) is 38.2 Å². The molecule has 1 fully saturated rings. The topological polar surface area (TPSA) is 55.1 Å². The van der Waals surface area contributed by atoms with Crippen LogP contribution in [0.2, 0.25) is 0 Å². The Bertz CT molecular complexity index is 434. The average molecular weight is 232 g/mol. The second-order valence-electron chi connectivity index (χ2n) is 5.29. The first-order valence-electron chi connectivity index (χ1n) is 6.19. The van der Waals surface area contributed by atoms with Gasteiger partial charge in [0.1, 0.15) is 0 Å². The van der Waals surface area contributed by atoms with Crippen molar-refractivity contribution in [3.63, 3.8) is 0 Å². The molecule has 3 nitrogen and oxygen atoms in total. The predicted octanol–water partition coefficient (Wildman–Crippen LogP) is 3.10. The van der Waals surface area contributed by atoms with E-state index in [1.54, 1.807) is 0 Å². The van der Waals surface area contributed by atoms with Gasteiger partial charge in [-0.2, -0.15) is 0 Å². The number of benzene rings is 1. The standard InChI is InChI=1S/C14H20N2O/c1-10-9-11(5-6-12(10)15)16-13(17)14(2)7-3-4-8-14/h5-6,9H,3-4,7-8,15H2,1-2H3,(H,16,17). The van der Waals surface area contributed by atoms with Gasteiger partial charge in [0.25, 0.3) is 0 Å². The Kier molecular flexibility index (Phi) is 3.09. The van der Waals surface area contributed by atoms with Crippen LogP contribution in [0.5, 0.6) is 0 Å². The molecule has 1 saturated carbocycles. The summed E-state index contributed by atoms with van der Waals surface area (Å²) in [5.41, 5.74) is 8.17. The molecular weight excluding hydrogens is 212 g/mol. The Morgan fingerprint density at radius 1 is 1.35 bits per heavy atom. The van der Waals surface area contributed by atoms with Crippen molar-refractivity contribution in [3.8, 4) is 0 Å². The van der Waals surface area contributed by atoms with Gasteiger partial charge in [-0.15, -0.1) is 0 Å². The van der Waals surface area contributed by atoms with Gasteiger partial charge < -0.3 is 11.1 Å². The monoisotopic (exact) mass is 232 g/mol. The second kappa shape index (κ2) is 4.40. The van der Waals surface area contributed by atoms with Crippen LogP contribution in [0.4, 0.5) is 11.4 Å². The molecule has 0 saturated heterocycles. The Hall–Kier alpha value is -1.51. The molecule has 0 aliphatic heterocycles. The van der Waals surface area contributed by atoms with Crippen molar-refractivity contribution in [2.75, 3.05) is 11.1 Å². The van der Waals surface area contributed by atoms with Crippen molar-refractivity contribution in [2.24, 2.45) is 5.41 Å². The third-order valence-electron chi connectivity index (χ3n) is 3.78. The lowest BCUT2D eigenvalue weighted by molar-refractivity contribution is -0.124. The molecule has 0 bridgehead atoms. The number of anilines is 2. The van der Waals surface area contributed by atoms with Crippen LogP contribution in [0, 0.1) is 12.3 Å². The molecule has 1 aromatic rings. The summed E-state index contributed by atoms with van der Waals surface area (Å²) < 4.78 is 0. The van der Waals surface area contributed by atoms with Crippen molar-refractivity contribution in [1.82, 2.24) is 0 Å². The maximum atomic E-state index is 12.2. The summed E-state index contributed by atoms with van der Waals surface area (Å²) in [5, 5.41) is 3.00. The number of carbonyl (C=O) groups excluding carboxylic acids is 1. The van der Waals surface area contributed by atoms with Crippen molar-refractivity contribution in [3.05, 3.63) is 23.8 Å². The quantitative estimate of drug-likeness (QED) is 0.770. The molecule has 92 valence electrons. The van der Waals surface area contributed by atoms with Crippen LogP contribution in [-0.4, -0.2) is 5.91 Å². The number of nitrogens with one attached hydrogen (secondary N) is 1. The van der Waals surface area contributed by atoms with E-state index in [1.165, 1.54) is 0 Å². The molecule has 0 heterocycles. The Labute approximate surface area is 102 Å². The molecule has 1 aliphatic carbocycles. The molecule has 1 aliphatic rings. The van der Waals surface area contributed by atoms with E-state index >= 15 is 0 Å². The first kappa shape index (κ1) is 12.0. The zero-order valence-electron chi connectivity index (χ0n) is 10.5. The number of rotatable bonds is 2.